The van der Waals surface area contributed by atoms with Crippen molar-refractivity contribution in [1.82, 2.24) is 9.61 Å². The van der Waals surface area contributed by atoms with Crippen LogP contribution in [0.25, 0.3) is 27.9 Å². The van der Waals surface area contributed by atoms with Crippen LogP contribution < -0.4 is 9.64 Å². The fourth-order valence-electron chi connectivity index (χ4n) is 6.61. The molecule has 266 valence electrons. The zero-order chi connectivity index (χ0) is 36.4. The summed E-state index contributed by atoms with van der Waals surface area (Å²) in [6.07, 6.45) is 6.15. The van der Waals surface area contributed by atoms with Crippen LogP contribution in [0.5, 0.6) is 5.75 Å². The molecule has 0 amide bonds. The van der Waals surface area contributed by atoms with Gasteiger partial charge < -0.3 is 24.2 Å². The van der Waals surface area contributed by atoms with Crippen molar-refractivity contribution >= 4 is 17.2 Å². The number of carboxylic acid groups (broad SMARTS) is 1. The van der Waals surface area contributed by atoms with Gasteiger partial charge in [0.15, 0.2) is 6.10 Å². The molecule has 2 aromatic carbocycles. The molecule has 0 spiro atoms. The lowest BCUT2D eigenvalue weighted by atomic mass is 9.91. The second-order valence-corrected chi connectivity index (χ2v) is 14.5. The topological polar surface area (TPSA) is 85.5 Å². The largest absolute Gasteiger partial charge is 0.490 e. The molecule has 1 saturated heterocycles. The second-order valence-electron chi connectivity index (χ2n) is 14.5. The molecule has 2 atom stereocenters. The molecular weight excluding hydrogens is 633 g/mol. The van der Waals surface area contributed by atoms with Gasteiger partial charge in [-0.05, 0) is 96.2 Å². The predicted molar refractivity (Wildman–Crippen MR) is 198 cm³/mol. The Labute approximate surface area is 295 Å². The maximum absolute atomic E-state index is 15.8. The minimum absolute atomic E-state index is 0.177. The van der Waals surface area contributed by atoms with Crippen LogP contribution in [0.4, 0.5) is 10.1 Å². The van der Waals surface area contributed by atoms with Gasteiger partial charge in [0, 0.05) is 36.8 Å². The third-order valence-electron chi connectivity index (χ3n) is 9.19. The first-order chi connectivity index (χ1) is 23.6. The van der Waals surface area contributed by atoms with Crippen LogP contribution in [-0.4, -0.2) is 57.7 Å². The summed E-state index contributed by atoms with van der Waals surface area (Å²) in [6, 6.07) is 13.1. The number of hydrogen-bond donors (Lipinski definition) is 1. The lowest BCUT2D eigenvalue weighted by Crippen LogP contribution is -2.45. The van der Waals surface area contributed by atoms with Crippen LogP contribution in [-0.2, 0) is 14.3 Å². The van der Waals surface area contributed by atoms with Crippen molar-refractivity contribution in [3.63, 3.8) is 0 Å². The quantitative estimate of drug-likeness (QED) is 0.141. The number of carbonyl (C=O) groups is 1. The van der Waals surface area contributed by atoms with Crippen LogP contribution in [0.3, 0.4) is 0 Å². The predicted octanol–water partition coefficient (Wildman–Crippen LogP) is 9.27. The van der Waals surface area contributed by atoms with Crippen molar-refractivity contribution < 1.29 is 28.5 Å². The van der Waals surface area contributed by atoms with E-state index in [9.17, 15) is 9.90 Å². The Kier molecular flexibility index (Phi) is 10.9. The van der Waals surface area contributed by atoms with E-state index in [4.69, 9.17) is 19.3 Å². The highest BCUT2D eigenvalue weighted by molar-refractivity contribution is 5.87. The Balaban J connectivity index is 1.65. The lowest BCUT2D eigenvalue weighted by Gasteiger charge is -2.41. The number of carboxylic acids is 1. The van der Waals surface area contributed by atoms with Gasteiger partial charge >= 0.3 is 5.97 Å². The number of pyridine rings is 1. The summed E-state index contributed by atoms with van der Waals surface area (Å²) in [7, 11) is 0. The van der Waals surface area contributed by atoms with Gasteiger partial charge in [0.25, 0.3) is 0 Å². The molecule has 0 bridgehead atoms. The molecule has 8 nitrogen and oxygen atoms in total. The van der Waals surface area contributed by atoms with E-state index in [-0.39, 0.29) is 17.5 Å². The van der Waals surface area contributed by atoms with E-state index in [2.05, 4.69) is 25.0 Å². The van der Waals surface area contributed by atoms with E-state index in [1.54, 1.807) is 25.1 Å². The molecule has 50 heavy (non-hydrogen) atoms. The summed E-state index contributed by atoms with van der Waals surface area (Å²) in [4.78, 5) is 15.1. The van der Waals surface area contributed by atoms with Crippen LogP contribution in [0, 0.1) is 19.7 Å². The maximum Gasteiger partial charge on any atom is 0.337 e. The average molecular weight is 684 g/mol. The molecule has 2 aromatic heterocycles. The van der Waals surface area contributed by atoms with Crippen LogP contribution >= 0.6 is 0 Å². The fourth-order valence-corrected chi connectivity index (χ4v) is 6.61. The van der Waals surface area contributed by atoms with E-state index < -0.39 is 17.7 Å². The van der Waals surface area contributed by atoms with Gasteiger partial charge in [0.2, 0.25) is 0 Å². The number of aromatic nitrogens is 2. The van der Waals surface area contributed by atoms with Gasteiger partial charge in [-0.2, -0.15) is 5.10 Å². The minimum Gasteiger partial charge on any atom is -0.490 e. The second kappa shape index (κ2) is 14.8. The van der Waals surface area contributed by atoms with E-state index in [0.29, 0.717) is 59.8 Å². The minimum atomic E-state index is -1.20. The van der Waals surface area contributed by atoms with Crippen molar-refractivity contribution in [1.29, 1.82) is 0 Å². The third-order valence-corrected chi connectivity index (χ3v) is 9.19. The molecule has 5 rings (SSSR count). The SMILES string of the molecule is C=CCOC1(C)CCN(c2c(C(OC(C)(C)C)C(=O)O)c(C)cn3nc(-c4cccc(-c5c(O[C@@H](C)CC=C)ccc(C)c5F)c4)cc23)CC1. The molecule has 0 aliphatic carbocycles. The molecule has 1 fully saturated rings. The Morgan fingerprint density at radius 3 is 2.42 bits per heavy atom. The lowest BCUT2D eigenvalue weighted by molar-refractivity contribution is -0.160. The highest BCUT2D eigenvalue weighted by Crippen LogP contribution is 2.42. The molecule has 4 aromatic rings. The first-order valence-corrected chi connectivity index (χ1v) is 17.3. The smallest absolute Gasteiger partial charge is 0.337 e. The van der Waals surface area contributed by atoms with Crippen LogP contribution in [0.2, 0.25) is 0 Å². The van der Waals surface area contributed by atoms with Crippen molar-refractivity contribution in [2.75, 3.05) is 24.6 Å². The van der Waals surface area contributed by atoms with Crippen molar-refractivity contribution in [3.05, 3.63) is 96.5 Å². The van der Waals surface area contributed by atoms with Crippen molar-refractivity contribution in [2.45, 2.75) is 91.1 Å². The number of ether oxygens (including phenoxy) is 3. The van der Waals surface area contributed by atoms with Gasteiger partial charge in [-0.15, -0.1) is 13.2 Å². The normalized spacial score (nSPS) is 15.9. The molecular formula is C41H50FN3O5. The van der Waals surface area contributed by atoms with Gasteiger partial charge in [-0.25, -0.2) is 13.7 Å². The van der Waals surface area contributed by atoms with Crippen LogP contribution in [0.1, 0.15) is 76.7 Å². The maximum atomic E-state index is 15.8. The summed E-state index contributed by atoms with van der Waals surface area (Å²) >= 11 is 0. The van der Waals surface area contributed by atoms with Gasteiger partial charge in [0.1, 0.15) is 11.6 Å². The van der Waals surface area contributed by atoms with E-state index in [1.165, 1.54) is 0 Å². The molecule has 1 N–H and O–H groups in total. The number of anilines is 1. The summed E-state index contributed by atoms with van der Waals surface area (Å²) < 4.78 is 36.2. The third kappa shape index (κ3) is 7.95. The first-order valence-electron chi connectivity index (χ1n) is 17.3. The van der Waals surface area contributed by atoms with Gasteiger partial charge in [0.05, 0.1) is 46.4 Å². The van der Waals surface area contributed by atoms with Crippen molar-refractivity contribution in [2.24, 2.45) is 0 Å². The number of benzene rings is 2. The zero-order valence-electron chi connectivity index (χ0n) is 30.4. The Morgan fingerprint density at radius 2 is 1.78 bits per heavy atom. The molecule has 3 heterocycles. The Morgan fingerprint density at radius 1 is 1.08 bits per heavy atom. The highest BCUT2D eigenvalue weighted by atomic mass is 19.1. The summed E-state index contributed by atoms with van der Waals surface area (Å²) in [5.41, 5.74) is 4.90. The van der Waals surface area contributed by atoms with Crippen molar-refractivity contribution in [3.8, 4) is 28.1 Å². The molecule has 1 aliphatic heterocycles. The molecule has 1 aliphatic rings. The van der Waals surface area contributed by atoms with Crippen LogP contribution in [0.15, 0.2) is 74.0 Å². The van der Waals surface area contributed by atoms with E-state index in [1.807, 2.05) is 81.7 Å². The standard InChI is InChI=1S/C41H50FN3O5/c1-10-13-28(5)49-33-17-16-26(3)36(42)35(33)30-15-12-14-29(23-30)31-24-32-37(44-20-18-41(9,19-21-44)48-22-11-2)34(27(4)25-45(32)43-31)38(39(46)47)50-40(6,7)8/h10-12,14-17,23-25,28,38H,1-2,13,18-22H2,3-9H3,(H,46,47)/t28-,38?/m0/s1. The highest BCUT2D eigenvalue weighted by Gasteiger charge is 2.37. The number of halogens is 1. The summed E-state index contributed by atoms with van der Waals surface area (Å²) in [5.74, 6) is -0.932. The monoisotopic (exact) mass is 683 g/mol. The number of aryl methyl sites for hydroxylation is 2. The summed E-state index contributed by atoms with van der Waals surface area (Å²) in [6.45, 7) is 22.6. The summed E-state index contributed by atoms with van der Waals surface area (Å²) in [5, 5.41) is 15.5. The molecule has 0 radical (unpaired) electrons. The number of piperidine rings is 1. The average Bonchev–Trinajstić information content (AvgIpc) is 3.48. The number of hydrogen-bond acceptors (Lipinski definition) is 6. The zero-order valence-corrected chi connectivity index (χ0v) is 30.4. The molecule has 0 saturated carbocycles. The Bertz CT molecular complexity index is 1880. The number of nitrogens with zero attached hydrogens (tertiary/aromatic N) is 3. The first kappa shape index (κ1) is 36.8. The van der Waals surface area contributed by atoms with Gasteiger partial charge in [-0.1, -0.05) is 36.4 Å². The molecule has 1 unspecified atom stereocenters. The van der Waals surface area contributed by atoms with E-state index in [0.717, 1.165) is 35.2 Å². The fraction of sp³-hybridized carbons (Fsp3) is 0.415. The van der Waals surface area contributed by atoms with E-state index >= 15 is 4.39 Å². The number of rotatable bonds is 13. The molecule has 9 heteroatoms. The Hall–Kier alpha value is -4.47. The number of fused-ring (bicyclic) bond motifs is 1. The number of aliphatic carboxylic acids is 1. The van der Waals surface area contributed by atoms with Gasteiger partial charge in [-0.3, -0.25) is 0 Å².